The molecule has 1 aliphatic carbocycles. The lowest BCUT2D eigenvalue weighted by atomic mass is 9.67. The maximum Gasteiger partial charge on any atom is 0.140 e. The van der Waals surface area contributed by atoms with E-state index >= 15 is 0 Å². The van der Waals surface area contributed by atoms with Crippen molar-refractivity contribution in [2.24, 2.45) is 0 Å². The van der Waals surface area contributed by atoms with Gasteiger partial charge in [-0.1, -0.05) is 158 Å². The van der Waals surface area contributed by atoms with Crippen molar-refractivity contribution in [2.75, 3.05) is 4.90 Å². The van der Waals surface area contributed by atoms with Gasteiger partial charge in [-0.25, -0.2) is 0 Å². The summed E-state index contributed by atoms with van der Waals surface area (Å²) in [6.45, 7) is 0. The highest BCUT2D eigenvalue weighted by molar-refractivity contribution is 6.08. The van der Waals surface area contributed by atoms with E-state index in [2.05, 4.69) is 217 Å². The Balaban J connectivity index is 1.20. The van der Waals surface area contributed by atoms with Crippen LogP contribution in [0.3, 0.4) is 0 Å². The second-order valence-electron chi connectivity index (χ2n) is 14.5. The lowest BCUT2D eigenvalue weighted by molar-refractivity contribution is 0.648. The third-order valence-electron chi connectivity index (χ3n) is 11.5. The molecular formula is C53H35NO. The molecule has 9 aromatic carbocycles. The van der Waals surface area contributed by atoms with E-state index in [1.54, 1.807) is 0 Å². The fourth-order valence-electron chi connectivity index (χ4n) is 9.08. The summed E-state index contributed by atoms with van der Waals surface area (Å²) < 4.78 is 6.87. The fourth-order valence-corrected chi connectivity index (χ4v) is 9.08. The molecule has 1 aliphatic rings. The Kier molecular flexibility index (Phi) is 7.11. The Morgan fingerprint density at radius 1 is 0.364 bits per heavy atom. The number of nitrogens with zero attached hydrogens (tertiary/aromatic N) is 1. The Hall–Kier alpha value is -7.16. The van der Waals surface area contributed by atoms with E-state index in [1.165, 1.54) is 49.7 Å². The van der Waals surface area contributed by atoms with Crippen LogP contribution in [0.4, 0.5) is 17.1 Å². The van der Waals surface area contributed by atoms with E-state index in [9.17, 15) is 0 Å². The number of hydrogen-bond acceptors (Lipinski definition) is 2. The van der Waals surface area contributed by atoms with Gasteiger partial charge in [0.2, 0.25) is 0 Å². The molecule has 2 nitrogen and oxygen atoms in total. The van der Waals surface area contributed by atoms with Crippen LogP contribution in [0, 0.1) is 0 Å². The van der Waals surface area contributed by atoms with E-state index in [-0.39, 0.29) is 0 Å². The van der Waals surface area contributed by atoms with Crippen molar-refractivity contribution >= 4 is 49.8 Å². The average Bonchev–Trinajstić information content (AvgIpc) is 3.78. The molecule has 10 aromatic rings. The van der Waals surface area contributed by atoms with Crippen LogP contribution in [-0.4, -0.2) is 0 Å². The van der Waals surface area contributed by atoms with Crippen molar-refractivity contribution in [3.05, 3.63) is 235 Å². The second-order valence-corrected chi connectivity index (χ2v) is 14.5. The van der Waals surface area contributed by atoms with E-state index < -0.39 is 5.41 Å². The number of para-hydroxylation sites is 3. The van der Waals surface area contributed by atoms with E-state index in [0.717, 1.165) is 44.6 Å². The molecule has 0 saturated heterocycles. The summed E-state index contributed by atoms with van der Waals surface area (Å²) in [4.78, 5) is 2.37. The van der Waals surface area contributed by atoms with Crippen LogP contribution in [0.5, 0.6) is 0 Å². The number of benzene rings is 9. The SMILES string of the molecule is c1ccc(-c2ccc(N(c3ccccc3)c3ccc4c(c3)-c3cc5ccccc5cc3C4(c3ccccc3)c3cccc4c3oc3ccccc34)cc2)cc1. The Bertz CT molecular complexity index is 3020. The van der Waals surface area contributed by atoms with Gasteiger partial charge in [0, 0.05) is 33.4 Å². The lowest BCUT2D eigenvalue weighted by Crippen LogP contribution is -2.28. The molecule has 0 saturated carbocycles. The quantitative estimate of drug-likeness (QED) is 0.172. The molecule has 0 aliphatic heterocycles. The molecule has 11 rings (SSSR count). The summed E-state index contributed by atoms with van der Waals surface area (Å²) in [7, 11) is 0. The molecule has 2 heteroatoms. The van der Waals surface area contributed by atoms with Crippen molar-refractivity contribution in [1.29, 1.82) is 0 Å². The predicted octanol–water partition coefficient (Wildman–Crippen LogP) is 14.2. The molecule has 0 spiro atoms. The van der Waals surface area contributed by atoms with Gasteiger partial charge in [-0.15, -0.1) is 0 Å². The summed E-state index contributed by atoms with van der Waals surface area (Å²) >= 11 is 0. The maximum absolute atomic E-state index is 6.87. The molecule has 0 N–H and O–H groups in total. The van der Waals surface area contributed by atoms with E-state index in [4.69, 9.17) is 4.42 Å². The van der Waals surface area contributed by atoms with Crippen molar-refractivity contribution in [3.8, 4) is 22.3 Å². The van der Waals surface area contributed by atoms with Gasteiger partial charge in [0.25, 0.3) is 0 Å². The first-order valence-electron chi connectivity index (χ1n) is 18.9. The molecule has 0 radical (unpaired) electrons. The van der Waals surface area contributed by atoms with Crippen LogP contribution in [0.15, 0.2) is 217 Å². The number of anilines is 3. The smallest absolute Gasteiger partial charge is 0.140 e. The van der Waals surface area contributed by atoms with Gasteiger partial charge in [0.05, 0.1) is 5.41 Å². The number of rotatable bonds is 6. The zero-order chi connectivity index (χ0) is 36.3. The van der Waals surface area contributed by atoms with E-state index in [1.807, 2.05) is 0 Å². The third kappa shape index (κ3) is 4.82. The van der Waals surface area contributed by atoms with Crippen molar-refractivity contribution < 1.29 is 4.42 Å². The number of fused-ring (bicyclic) bond motifs is 7. The summed E-state index contributed by atoms with van der Waals surface area (Å²) in [6.07, 6.45) is 0. The van der Waals surface area contributed by atoms with Gasteiger partial charge < -0.3 is 9.32 Å². The first kappa shape index (κ1) is 31.4. The maximum atomic E-state index is 6.87. The summed E-state index contributed by atoms with van der Waals surface area (Å²) in [5.41, 5.74) is 14.2. The van der Waals surface area contributed by atoms with Crippen LogP contribution in [-0.2, 0) is 5.41 Å². The zero-order valence-electron chi connectivity index (χ0n) is 30.1. The molecule has 1 aromatic heterocycles. The highest BCUT2D eigenvalue weighted by Gasteiger charge is 2.48. The van der Waals surface area contributed by atoms with Gasteiger partial charge in [0.15, 0.2) is 0 Å². The molecule has 258 valence electrons. The fraction of sp³-hybridized carbons (Fsp3) is 0.0189. The monoisotopic (exact) mass is 701 g/mol. The average molecular weight is 702 g/mol. The molecule has 0 bridgehead atoms. The molecule has 1 unspecified atom stereocenters. The van der Waals surface area contributed by atoms with Crippen LogP contribution < -0.4 is 4.90 Å². The minimum Gasteiger partial charge on any atom is -0.456 e. The van der Waals surface area contributed by atoms with Gasteiger partial charge in [-0.2, -0.15) is 0 Å². The van der Waals surface area contributed by atoms with Crippen LogP contribution in [0.1, 0.15) is 22.3 Å². The Morgan fingerprint density at radius 3 is 1.73 bits per heavy atom. The summed E-state index contributed by atoms with van der Waals surface area (Å²) in [5, 5.41) is 4.70. The number of furan rings is 1. The molecule has 1 atom stereocenters. The third-order valence-corrected chi connectivity index (χ3v) is 11.5. The van der Waals surface area contributed by atoms with Gasteiger partial charge in [-0.3, -0.25) is 0 Å². The van der Waals surface area contributed by atoms with Gasteiger partial charge in [0.1, 0.15) is 11.2 Å². The molecule has 0 fully saturated rings. The zero-order valence-corrected chi connectivity index (χ0v) is 30.1. The minimum atomic E-state index is -0.642. The van der Waals surface area contributed by atoms with Gasteiger partial charge >= 0.3 is 0 Å². The molecule has 55 heavy (non-hydrogen) atoms. The highest BCUT2D eigenvalue weighted by atomic mass is 16.3. The van der Waals surface area contributed by atoms with Crippen molar-refractivity contribution in [1.82, 2.24) is 0 Å². The number of hydrogen-bond donors (Lipinski definition) is 0. The van der Waals surface area contributed by atoms with E-state index in [0.29, 0.717) is 0 Å². The van der Waals surface area contributed by atoms with Crippen molar-refractivity contribution in [3.63, 3.8) is 0 Å². The summed E-state index contributed by atoms with van der Waals surface area (Å²) in [5.74, 6) is 0. The Morgan fingerprint density at radius 2 is 0.945 bits per heavy atom. The van der Waals surface area contributed by atoms with Crippen LogP contribution >= 0.6 is 0 Å². The second kappa shape index (κ2) is 12.5. The normalized spacial score (nSPS) is 14.6. The largest absolute Gasteiger partial charge is 0.456 e. The topological polar surface area (TPSA) is 16.4 Å². The highest BCUT2D eigenvalue weighted by Crippen LogP contribution is 2.59. The lowest BCUT2D eigenvalue weighted by Gasteiger charge is -2.34. The minimum absolute atomic E-state index is 0.642. The predicted molar refractivity (Wildman–Crippen MR) is 229 cm³/mol. The first-order chi connectivity index (χ1) is 27.3. The summed E-state index contributed by atoms with van der Waals surface area (Å²) in [6, 6.07) is 76.9. The molecule has 1 heterocycles. The van der Waals surface area contributed by atoms with Gasteiger partial charge in [-0.05, 0) is 104 Å². The first-order valence-corrected chi connectivity index (χ1v) is 18.9. The van der Waals surface area contributed by atoms with Crippen molar-refractivity contribution in [2.45, 2.75) is 5.41 Å². The molecule has 0 amide bonds. The van der Waals surface area contributed by atoms with Crippen LogP contribution in [0.2, 0.25) is 0 Å². The molecular weight excluding hydrogens is 667 g/mol. The standard InChI is InChI=1S/C53H35NO/c1-4-15-36(16-5-1)37-27-29-42(30-28-37)54(41-21-8-3-9-22-41)43-31-32-48-47(35-43)46-33-38-17-10-11-18-39(38)34-50(46)53(48,40-19-6-2-7-20-40)49-25-14-24-45-44-23-12-13-26-51(44)55-52(45)49/h1-35H. The Labute approximate surface area is 320 Å². The van der Waals surface area contributed by atoms with Crippen LogP contribution in [0.25, 0.3) is 55.0 Å².